The van der Waals surface area contributed by atoms with Crippen molar-refractivity contribution in [1.82, 2.24) is 15.2 Å². The molecule has 1 unspecified atom stereocenters. The first-order valence-electron chi connectivity index (χ1n) is 10.6. The van der Waals surface area contributed by atoms with Crippen LogP contribution in [0.4, 0.5) is 9.52 Å². The van der Waals surface area contributed by atoms with E-state index in [-0.39, 0.29) is 22.3 Å². The monoisotopic (exact) mass is 582 g/mol. The van der Waals surface area contributed by atoms with E-state index >= 15 is 0 Å². The number of ketones is 1. The number of benzene rings is 2. The second-order valence-electron chi connectivity index (χ2n) is 7.73. The van der Waals surface area contributed by atoms with Crippen LogP contribution in [-0.4, -0.2) is 32.0 Å². The van der Waals surface area contributed by atoms with Crippen molar-refractivity contribution in [3.05, 3.63) is 106 Å². The lowest BCUT2D eigenvalue weighted by atomic mass is 9.96. The number of amides is 1. The van der Waals surface area contributed by atoms with Gasteiger partial charge in [-0.2, -0.15) is 0 Å². The van der Waals surface area contributed by atoms with Crippen molar-refractivity contribution >= 4 is 61.6 Å². The molecule has 0 saturated carbocycles. The molecule has 11 heteroatoms. The van der Waals surface area contributed by atoms with E-state index in [4.69, 9.17) is 0 Å². The maximum atomic E-state index is 13.2. The molecule has 1 N–H and O–H groups in total. The summed E-state index contributed by atoms with van der Waals surface area (Å²) in [6.45, 7) is 0. The van der Waals surface area contributed by atoms with E-state index in [9.17, 15) is 19.1 Å². The fourth-order valence-electron chi connectivity index (χ4n) is 3.77. The number of carbonyl (C=O) groups excluding carboxylic acids is 2. The van der Waals surface area contributed by atoms with Gasteiger partial charge in [0.25, 0.3) is 5.78 Å². The Kier molecular flexibility index (Phi) is 6.95. The number of hydrogen-bond donors (Lipinski definition) is 1. The van der Waals surface area contributed by atoms with Gasteiger partial charge in [-0.25, -0.2) is 4.39 Å². The normalized spacial score (nSPS) is 17.1. The number of rotatable bonds is 6. The molecule has 1 fully saturated rings. The van der Waals surface area contributed by atoms with Gasteiger partial charge in [-0.05, 0) is 47.5 Å². The van der Waals surface area contributed by atoms with Gasteiger partial charge in [0.15, 0.2) is 4.34 Å². The van der Waals surface area contributed by atoms with Gasteiger partial charge in [-0.15, -0.1) is 10.2 Å². The first-order chi connectivity index (χ1) is 17.4. The predicted octanol–water partition coefficient (Wildman–Crippen LogP) is 5.75. The molecule has 4 aromatic rings. The number of carbonyl (C=O) groups is 2. The maximum Gasteiger partial charge on any atom is 0.301 e. The Hall–Kier alpha value is -3.41. The largest absolute Gasteiger partial charge is 0.507 e. The van der Waals surface area contributed by atoms with Crippen LogP contribution in [0.5, 0.6) is 0 Å². The van der Waals surface area contributed by atoms with Crippen LogP contribution in [0, 0.1) is 5.82 Å². The molecule has 1 atom stereocenters. The van der Waals surface area contributed by atoms with Gasteiger partial charge in [0.2, 0.25) is 5.13 Å². The number of anilines is 1. The molecule has 1 amide bonds. The van der Waals surface area contributed by atoms with Crippen LogP contribution in [0.3, 0.4) is 0 Å². The third-order valence-electron chi connectivity index (χ3n) is 5.44. The SMILES string of the molecule is O=C1C(=O)N(c2nnc(SCc3ccc(F)cc3)s2)C(c2cccc(Br)c2)C1=C(O)c1ccncc1. The lowest BCUT2D eigenvalue weighted by Gasteiger charge is -2.22. The number of aliphatic hydroxyl groups is 1. The van der Waals surface area contributed by atoms with Gasteiger partial charge in [0.05, 0.1) is 11.6 Å². The highest BCUT2D eigenvalue weighted by Crippen LogP contribution is 2.44. The molecular formula is C25H16BrFN4O3S2. The smallest absolute Gasteiger partial charge is 0.301 e. The molecule has 180 valence electrons. The molecule has 2 aromatic heterocycles. The molecular weight excluding hydrogens is 567 g/mol. The number of hydrogen-bond acceptors (Lipinski definition) is 8. The van der Waals surface area contributed by atoms with Crippen LogP contribution in [0.15, 0.2) is 87.4 Å². The van der Waals surface area contributed by atoms with Crippen LogP contribution in [0.1, 0.15) is 22.7 Å². The summed E-state index contributed by atoms with van der Waals surface area (Å²) >= 11 is 5.99. The van der Waals surface area contributed by atoms with Gasteiger partial charge < -0.3 is 5.11 Å². The molecule has 2 aromatic carbocycles. The lowest BCUT2D eigenvalue weighted by Crippen LogP contribution is -2.29. The Morgan fingerprint density at radius 3 is 2.56 bits per heavy atom. The summed E-state index contributed by atoms with van der Waals surface area (Å²) in [6, 6.07) is 15.6. The van der Waals surface area contributed by atoms with E-state index < -0.39 is 17.7 Å². The molecule has 1 aliphatic rings. The lowest BCUT2D eigenvalue weighted by molar-refractivity contribution is -0.132. The second kappa shape index (κ2) is 10.3. The summed E-state index contributed by atoms with van der Waals surface area (Å²) in [5, 5.41) is 19.7. The first-order valence-corrected chi connectivity index (χ1v) is 13.2. The van der Waals surface area contributed by atoms with Gasteiger partial charge in [0, 0.05) is 28.2 Å². The average molecular weight is 583 g/mol. The minimum Gasteiger partial charge on any atom is -0.507 e. The van der Waals surface area contributed by atoms with Crippen LogP contribution < -0.4 is 4.90 Å². The summed E-state index contributed by atoms with van der Waals surface area (Å²) in [5.74, 6) is -1.69. The minimum absolute atomic E-state index is 0.0417. The predicted molar refractivity (Wildman–Crippen MR) is 139 cm³/mol. The number of thioether (sulfide) groups is 1. The van der Waals surface area contributed by atoms with Crippen LogP contribution in [0.2, 0.25) is 0 Å². The van der Waals surface area contributed by atoms with E-state index in [0.717, 1.165) is 21.4 Å². The third kappa shape index (κ3) is 4.81. The van der Waals surface area contributed by atoms with Crippen molar-refractivity contribution in [3.8, 4) is 0 Å². The quantitative estimate of drug-likeness (QED) is 0.102. The van der Waals surface area contributed by atoms with Crippen LogP contribution in [-0.2, 0) is 15.3 Å². The Morgan fingerprint density at radius 2 is 1.83 bits per heavy atom. The standard InChI is InChI=1S/C25H16BrFN4O3S2/c26-17-3-1-2-16(12-17)20-19(21(32)15-8-10-28-11-9-15)22(33)23(34)31(20)24-29-30-25(36-24)35-13-14-4-6-18(27)7-5-14/h1-12,20,32H,13H2. The number of aliphatic hydroxyl groups excluding tert-OH is 1. The van der Waals surface area contributed by atoms with E-state index in [2.05, 4.69) is 31.1 Å². The summed E-state index contributed by atoms with van der Waals surface area (Å²) in [5.41, 5.74) is 1.86. The molecule has 0 bridgehead atoms. The molecule has 1 aliphatic heterocycles. The van der Waals surface area contributed by atoms with Crippen LogP contribution >= 0.6 is 39.0 Å². The maximum absolute atomic E-state index is 13.2. The molecule has 0 spiro atoms. The number of nitrogens with zero attached hydrogens (tertiary/aromatic N) is 4. The zero-order valence-corrected chi connectivity index (χ0v) is 21.6. The van der Waals surface area contributed by atoms with E-state index in [0.29, 0.717) is 21.2 Å². The van der Waals surface area contributed by atoms with Crippen molar-refractivity contribution in [2.24, 2.45) is 0 Å². The van der Waals surface area contributed by atoms with Crippen molar-refractivity contribution < 1.29 is 19.1 Å². The average Bonchev–Trinajstić information content (AvgIpc) is 3.46. The van der Waals surface area contributed by atoms with Gasteiger partial charge in [-0.3, -0.25) is 19.5 Å². The molecule has 0 radical (unpaired) electrons. The molecule has 36 heavy (non-hydrogen) atoms. The van der Waals surface area contributed by atoms with Crippen molar-refractivity contribution in [3.63, 3.8) is 0 Å². The fourth-order valence-corrected chi connectivity index (χ4v) is 6.01. The Balaban J connectivity index is 1.53. The minimum atomic E-state index is -0.904. The number of pyridine rings is 1. The number of halogens is 2. The summed E-state index contributed by atoms with van der Waals surface area (Å²) in [4.78, 5) is 31.7. The van der Waals surface area contributed by atoms with Crippen molar-refractivity contribution in [1.29, 1.82) is 0 Å². The molecule has 0 aliphatic carbocycles. The summed E-state index contributed by atoms with van der Waals surface area (Å²) in [7, 11) is 0. The first kappa shape index (κ1) is 24.3. The van der Waals surface area contributed by atoms with E-state index in [1.807, 2.05) is 6.07 Å². The summed E-state index contributed by atoms with van der Waals surface area (Å²) < 4.78 is 14.5. The highest BCUT2D eigenvalue weighted by Gasteiger charge is 2.48. The van der Waals surface area contributed by atoms with Crippen molar-refractivity contribution in [2.45, 2.75) is 16.1 Å². The molecule has 1 saturated heterocycles. The number of Topliss-reactive ketones (excluding diaryl/α,β-unsaturated/α-hetero) is 1. The molecule has 5 rings (SSSR count). The number of aromatic nitrogens is 3. The highest BCUT2D eigenvalue weighted by atomic mass is 79.9. The zero-order valence-electron chi connectivity index (χ0n) is 18.3. The third-order valence-corrected chi connectivity index (χ3v) is 8.06. The second-order valence-corrected chi connectivity index (χ2v) is 10.8. The fraction of sp³-hybridized carbons (Fsp3) is 0.0800. The zero-order chi connectivity index (χ0) is 25.2. The Bertz CT molecular complexity index is 1480. The van der Waals surface area contributed by atoms with E-state index in [1.54, 1.807) is 42.5 Å². The Labute approximate surface area is 221 Å². The molecule has 3 heterocycles. The van der Waals surface area contributed by atoms with Crippen molar-refractivity contribution in [2.75, 3.05) is 4.90 Å². The van der Waals surface area contributed by atoms with Gasteiger partial charge in [0.1, 0.15) is 11.6 Å². The van der Waals surface area contributed by atoms with E-state index in [1.165, 1.54) is 41.2 Å². The Morgan fingerprint density at radius 1 is 1.08 bits per heavy atom. The highest BCUT2D eigenvalue weighted by molar-refractivity contribution is 9.10. The molecule has 7 nitrogen and oxygen atoms in total. The van der Waals surface area contributed by atoms with Gasteiger partial charge in [-0.1, -0.05) is 63.3 Å². The topological polar surface area (TPSA) is 96.3 Å². The van der Waals surface area contributed by atoms with Gasteiger partial charge >= 0.3 is 5.91 Å². The van der Waals surface area contributed by atoms with Crippen LogP contribution in [0.25, 0.3) is 5.76 Å². The summed E-state index contributed by atoms with van der Waals surface area (Å²) in [6.07, 6.45) is 2.99.